The molecule has 0 aliphatic carbocycles. The lowest BCUT2D eigenvalue weighted by Crippen LogP contribution is -2.30. The van der Waals surface area contributed by atoms with E-state index in [2.05, 4.69) is 15.3 Å². The van der Waals surface area contributed by atoms with Crippen molar-refractivity contribution < 1.29 is 9.21 Å². The molecule has 0 bridgehead atoms. The number of H-pyrrole nitrogens is 1. The Balaban J connectivity index is 1.56. The predicted molar refractivity (Wildman–Crippen MR) is 103 cm³/mol. The molecule has 27 heavy (non-hydrogen) atoms. The van der Waals surface area contributed by atoms with Crippen molar-refractivity contribution in [2.24, 2.45) is 0 Å². The molecule has 1 amide bonds. The normalized spacial score (nSPS) is 10.7. The van der Waals surface area contributed by atoms with Crippen LogP contribution in [0.15, 0.2) is 58.0 Å². The van der Waals surface area contributed by atoms with Gasteiger partial charge in [0.1, 0.15) is 17.1 Å². The standard InChI is InChI=1S/C21H23N3O3/c1-15-14-17(10-9-16-6-3-2-4-7-16)27-21(26)19(15)20(25)24-11-5-8-18-22-12-13-23-18/h2-4,6-7,12-14H,5,8-11H2,1H3,(H,22,23)(H,24,25). The third-order valence-corrected chi connectivity index (χ3v) is 4.36. The van der Waals surface area contributed by atoms with E-state index in [9.17, 15) is 9.59 Å². The lowest BCUT2D eigenvalue weighted by atomic mass is 10.1. The van der Waals surface area contributed by atoms with Crippen LogP contribution in [0, 0.1) is 6.92 Å². The van der Waals surface area contributed by atoms with Gasteiger partial charge in [-0.1, -0.05) is 30.3 Å². The summed E-state index contributed by atoms with van der Waals surface area (Å²) in [4.78, 5) is 31.8. The molecule has 140 valence electrons. The fourth-order valence-corrected chi connectivity index (χ4v) is 2.96. The molecule has 0 saturated heterocycles. The highest BCUT2D eigenvalue weighted by atomic mass is 16.4. The Bertz CT molecular complexity index is 931. The molecule has 3 rings (SSSR count). The van der Waals surface area contributed by atoms with Gasteiger partial charge in [-0.3, -0.25) is 4.79 Å². The SMILES string of the molecule is Cc1cc(CCc2ccccc2)oc(=O)c1C(=O)NCCCc1ncc[nH]1. The van der Waals surface area contributed by atoms with Crippen LogP contribution in [0.4, 0.5) is 0 Å². The summed E-state index contributed by atoms with van der Waals surface area (Å²) in [5.41, 5.74) is 1.31. The maximum Gasteiger partial charge on any atom is 0.349 e. The number of hydrogen-bond acceptors (Lipinski definition) is 4. The highest BCUT2D eigenvalue weighted by Gasteiger charge is 2.16. The number of aryl methyl sites for hydroxylation is 4. The lowest BCUT2D eigenvalue weighted by molar-refractivity contribution is 0.0948. The summed E-state index contributed by atoms with van der Waals surface area (Å²) in [5.74, 6) is 1.08. The van der Waals surface area contributed by atoms with Crippen molar-refractivity contribution in [3.8, 4) is 0 Å². The molecular weight excluding hydrogens is 342 g/mol. The largest absolute Gasteiger partial charge is 0.427 e. The first-order valence-electron chi connectivity index (χ1n) is 9.07. The number of aromatic nitrogens is 2. The van der Waals surface area contributed by atoms with Gasteiger partial charge in [-0.15, -0.1) is 0 Å². The second-order valence-corrected chi connectivity index (χ2v) is 6.44. The molecule has 0 saturated carbocycles. The summed E-state index contributed by atoms with van der Waals surface area (Å²) in [6.07, 6.45) is 6.33. The van der Waals surface area contributed by atoms with E-state index >= 15 is 0 Å². The van der Waals surface area contributed by atoms with Crippen molar-refractivity contribution in [1.82, 2.24) is 15.3 Å². The van der Waals surface area contributed by atoms with Crippen molar-refractivity contribution in [2.45, 2.75) is 32.6 Å². The second-order valence-electron chi connectivity index (χ2n) is 6.44. The summed E-state index contributed by atoms with van der Waals surface area (Å²) in [5, 5.41) is 2.78. The number of hydrogen-bond donors (Lipinski definition) is 2. The maximum atomic E-state index is 12.3. The van der Waals surface area contributed by atoms with Crippen molar-refractivity contribution in [2.75, 3.05) is 6.54 Å². The molecule has 0 radical (unpaired) electrons. The van der Waals surface area contributed by atoms with E-state index < -0.39 is 11.5 Å². The zero-order valence-corrected chi connectivity index (χ0v) is 15.3. The Morgan fingerprint density at radius 2 is 2.00 bits per heavy atom. The molecule has 2 heterocycles. The van der Waals surface area contributed by atoms with E-state index in [0.717, 1.165) is 25.1 Å². The molecule has 6 heteroatoms. The number of imidazole rings is 1. The summed E-state index contributed by atoms with van der Waals surface area (Å²) in [7, 11) is 0. The van der Waals surface area contributed by atoms with E-state index in [-0.39, 0.29) is 5.56 Å². The van der Waals surface area contributed by atoms with Gasteiger partial charge in [0.15, 0.2) is 0 Å². The van der Waals surface area contributed by atoms with Gasteiger partial charge in [-0.05, 0) is 37.0 Å². The van der Waals surface area contributed by atoms with Crippen LogP contribution in [0.25, 0.3) is 0 Å². The molecule has 0 aliphatic rings. The average molecular weight is 365 g/mol. The Morgan fingerprint density at radius 1 is 1.19 bits per heavy atom. The van der Waals surface area contributed by atoms with Crippen LogP contribution in [0.2, 0.25) is 0 Å². The number of aromatic amines is 1. The third-order valence-electron chi connectivity index (χ3n) is 4.36. The van der Waals surface area contributed by atoms with Gasteiger partial charge in [0.25, 0.3) is 5.91 Å². The molecule has 1 aromatic carbocycles. The smallest absolute Gasteiger partial charge is 0.349 e. The lowest BCUT2D eigenvalue weighted by Gasteiger charge is -2.08. The van der Waals surface area contributed by atoms with E-state index in [4.69, 9.17) is 4.42 Å². The first kappa shape index (κ1) is 18.6. The predicted octanol–water partition coefficient (Wildman–Crippen LogP) is 2.82. The van der Waals surface area contributed by atoms with Crippen LogP contribution in [0.5, 0.6) is 0 Å². The number of rotatable bonds is 8. The van der Waals surface area contributed by atoms with Gasteiger partial charge >= 0.3 is 5.63 Å². The first-order valence-corrected chi connectivity index (χ1v) is 9.07. The van der Waals surface area contributed by atoms with Gasteiger partial charge in [0.2, 0.25) is 0 Å². The number of benzene rings is 1. The highest BCUT2D eigenvalue weighted by Crippen LogP contribution is 2.10. The van der Waals surface area contributed by atoms with Gasteiger partial charge in [0.05, 0.1) is 0 Å². The second kappa shape index (κ2) is 8.98. The zero-order valence-electron chi connectivity index (χ0n) is 15.3. The van der Waals surface area contributed by atoms with Gasteiger partial charge in [-0.25, -0.2) is 9.78 Å². The maximum absolute atomic E-state index is 12.3. The molecule has 0 atom stereocenters. The third kappa shape index (κ3) is 5.17. The van der Waals surface area contributed by atoms with Crippen LogP contribution >= 0.6 is 0 Å². The van der Waals surface area contributed by atoms with E-state index in [1.807, 2.05) is 30.3 Å². The van der Waals surface area contributed by atoms with Gasteiger partial charge in [0, 0.05) is 31.8 Å². The molecule has 2 N–H and O–H groups in total. The quantitative estimate of drug-likeness (QED) is 0.601. The fraction of sp³-hybridized carbons (Fsp3) is 0.286. The van der Waals surface area contributed by atoms with Crippen LogP contribution < -0.4 is 10.9 Å². The molecule has 0 fully saturated rings. The van der Waals surface area contributed by atoms with Gasteiger partial charge < -0.3 is 14.7 Å². The number of carbonyl (C=O) groups is 1. The van der Waals surface area contributed by atoms with Crippen LogP contribution in [0.1, 0.15) is 39.5 Å². The summed E-state index contributed by atoms with van der Waals surface area (Å²) >= 11 is 0. The molecule has 0 unspecified atom stereocenters. The van der Waals surface area contributed by atoms with E-state index in [0.29, 0.717) is 24.3 Å². The van der Waals surface area contributed by atoms with Crippen LogP contribution in [-0.2, 0) is 19.3 Å². The van der Waals surface area contributed by atoms with E-state index in [1.165, 1.54) is 5.56 Å². The van der Waals surface area contributed by atoms with Crippen LogP contribution in [0.3, 0.4) is 0 Å². The van der Waals surface area contributed by atoms with Crippen molar-refractivity contribution in [3.63, 3.8) is 0 Å². The number of carbonyl (C=O) groups excluding carboxylic acids is 1. The Morgan fingerprint density at radius 3 is 2.70 bits per heavy atom. The first-order chi connectivity index (χ1) is 13.1. The molecule has 6 nitrogen and oxygen atoms in total. The number of amides is 1. The Hall–Kier alpha value is -3.15. The molecule has 0 spiro atoms. The molecular formula is C21H23N3O3. The van der Waals surface area contributed by atoms with Crippen molar-refractivity contribution in [1.29, 1.82) is 0 Å². The van der Waals surface area contributed by atoms with Crippen LogP contribution in [-0.4, -0.2) is 22.4 Å². The monoisotopic (exact) mass is 365 g/mol. The minimum atomic E-state index is -0.582. The molecule has 0 aliphatic heterocycles. The topological polar surface area (TPSA) is 88.0 Å². The molecule has 3 aromatic rings. The number of nitrogens with zero attached hydrogens (tertiary/aromatic N) is 1. The minimum absolute atomic E-state index is 0.0801. The summed E-state index contributed by atoms with van der Waals surface area (Å²) in [6.45, 7) is 2.23. The summed E-state index contributed by atoms with van der Waals surface area (Å²) < 4.78 is 5.37. The highest BCUT2D eigenvalue weighted by molar-refractivity contribution is 5.95. The summed E-state index contributed by atoms with van der Waals surface area (Å²) in [6, 6.07) is 11.8. The van der Waals surface area contributed by atoms with E-state index in [1.54, 1.807) is 25.4 Å². The average Bonchev–Trinajstić information content (AvgIpc) is 3.17. The zero-order chi connectivity index (χ0) is 19.1. The van der Waals surface area contributed by atoms with Gasteiger partial charge in [-0.2, -0.15) is 0 Å². The minimum Gasteiger partial charge on any atom is -0.427 e. The Kier molecular flexibility index (Phi) is 6.20. The molecule has 2 aromatic heterocycles. The Labute approximate surface area is 157 Å². The van der Waals surface area contributed by atoms with Crippen molar-refractivity contribution in [3.05, 3.63) is 87.5 Å². The van der Waals surface area contributed by atoms with Crippen molar-refractivity contribution >= 4 is 5.91 Å². The number of nitrogens with one attached hydrogen (secondary N) is 2. The fourth-order valence-electron chi connectivity index (χ4n) is 2.96.